The van der Waals surface area contributed by atoms with Crippen LogP contribution in [0.4, 0.5) is 0 Å². The van der Waals surface area contributed by atoms with Crippen LogP contribution in [-0.4, -0.2) is 99.6 Å². The molecule has 1 amide bonds. The molecule has 6 N–H and O–H groups in total. The average Bonchev–Trinajstić information content (AvgIpc) is 3.51. The summed E-state index contributed by atoms with van der Waals surface area (Å²) in [7, 11) is 0. The van der Waals surface area contributed by atoms with Crippen molar-refractivity contribution in [3.8, 4) is 0 Å². The summed E-state index contributed by atoms with van der Waals surface area (Å²) in [6, 6.07) is -1.02. The van der Waals surface area contributed by atoms with Gasteiger partial charge in [0.15, 0.2) is 12.4 Å². The maximum absolute atomic E-state index is 13.5. The smallest absolute Gasteiger partial charge is 0.306 e. The highest BCUT2D eigenvalue weighted by Gasteiger charge is 2.47. The fourth-order valence-corrected chi connectivity index (χ4v) is 10.4. The molecule has 79 heavy (non-hydrogen) atoms. The van der Waals surface area contributed by atoms with E-state index >= 15 is 0 Å². The Labute approximate surface area is 485 Å². The molecule has 462 valence electrons. The van der Waals surface area contributed by atoms with Gasteiger partial charge in [0.1, 0.15) is 24.4 Å². The first-order chi connectivity index (χ1) is 38.7. The fourth-order valence-electron chi connectivity index (χ4n) is 10.4. The van der Waals surface area contributed by atoms with Crippen LogP contribution in [0.15, 0.2) is 48.6 Å². The first-order valence-corrected chi connectivity index (χ1v) is 33.4. The molecule has 11 heteroatoms. The fraction of sp³-hybridized carbons (Fsp3) is 0.853. The molecule has 0 radical (unpaired) electrons. The molecule has 8 atom stereocenters. The van der Waals surface area contributed by atoms with Crippen LogP contribution in [0.25, 0.3) is 0 Å². The third kappa shape index (κ3) is 43.9. The van der Waals surface area contributed by atoms with Gasteiger partial charge in [0, 0.05) is 6.42 Å². The second kappa shape index (κ2) is 56.1. The molecule has 1 fully saturated rings. The Morgan fingerprint density at radius 3 is 1.33 bits per heavy atom. The summed E-state index contributed by atoms with van der Waals surface area (Å²) in [4.78, 5) is 26.5. The minimum Gasteiger partial charge on any atom is -0.454 e. The lowest BCUT2D eigenvalue weighted by atomic mass is 9.99. The molecule has 1 heterocycles. The Hall–Kier alpha value is -2.38. The van der Waals surface area contributed by atoms with E-state index < -0.39 is 67.4 Å². The second-order valence-corrected chi connectivity index (χ2v) is 23.2. The highest BCUT2D eigenvalue weighted by molar-refractivity contribution is 5.80. The maximum atomic E-state index is 13.5. The zero-order valence-electron chi connectivity index (χ0n) is 51.2. The lowest BCUT2D eigenvalue weighted by Gasteiger charge is -2.41. The number of ether oxygens (including phenoxy) is 3. The summed E-state index contributed by atoms with van der Waals surface area (Å²) in [5.41, 5.74) is 0. The van der Waals surface area contributed by atoms with E-state index in [0.717, 1.165) is 70.6 Å². The van der Waals surface area contributed by atoms with Gasteiger partial charge in [-0.15, -0.1) is 0 Å². The van der Waals surface area contributed by atoms with Gasteiger partial charge in [-0.1, -0.05) is 288 Å². The van der Waals surface area contributed by atoms with Crippen molar-refractivity contribution >= 4 is 11.9 Å². The first kappa shape index (κ1) is 74.6. The minimum absolute atomic E-state index is 0.127. The van der Waals surface area contributed by atoms with Gasteiger partial charge in [-0.25, -0.2) is 0 Å². The second-order valence-electron chi connectivity index (χ2n) is 23.2. The predicted octanol–water partition coefficient (Wildman–Crippen LogP) is 16.4. The SMILES string of the molecule is CCCCC/C=C\C/C=C\C/C=C\CCCCCCCCCCCCCCCC(O)C(=O)NC(COC1OC(CO)C(O)C(O)C1OC(=O)CCCCCCCCCCCCC)C(O)/C=C/CCCCCCCCCCCCC. The normalized spacial score (nSPS) is 19.1. The van der Waals surface area contributed by atoms with Gasteiger partial charge >= 0.3 is 5.97 Å². The number of aliphatic hydroxyl groups excluding tert-OH is 5. The lowest BCUT2D eigenvalue weighted by Crippen LogP contribution is -2.61. The summed E-state index contributed by atoms with van der Waals surface area (Å²) in [5, 5.41) is 57.0. The standard InChI is InChI=1S/C68H125NO10/c1-4-7-10-13-16-19-22-24-25-26-27-28-29-30-31-32-33-34-35-36-38-41-43-46-49-52-55-61(72)67(76)69-59(60(71)54-51-48-45-42-40-37-23-20-17-14-11-8-5-2)58-77-68-66(65(75)64(74)62(57-70)78-68)79-63(73)56-53-50-47-44-39-21-18-15-12-9-6-3/h16,19,24-25,27-28,51,54,59-62,64-66,68,70-72,74-75H,4-15,17-18,20-23,26,29-50,52-53,55-58H2,1-3H3,(H,69,76)/b19-16-,25-24-,28-27-,54-51+. The quantitative estimate of drug-likeness (QED) is 0.0195. The Kier molecular flexibility index (Phi) is 53.0. The highest BCUT2D eigenvalue weighted by Crippen LogP contribution is 2.26. The maximum Gasteiger partial charge on any atom is 0.306 e. The molecule has 0 aromatic carbocycles. The van der Waals surface area contributed by atoms with Crippen LogP contribution in [-0.2, 0) is 23.8 Å². The van der Waals surface area contributed by atoms with Crippen LogP contribution >= 0.6 is 0 Å². The summed E-state index contributed by atoms with van der Waals surface area (Å²) in [5.74, 6) is -1.19. The largest absolute Gasteiger partial charge is 0.454 e. The Balaban J connectivity index is 2.57. The summed E-state index contributed by atoms with van der Waals surface area (Å²) in [6.45, 7) is 5.77. The van der Waals surface area contributed by atoms with Gasteiger partial charge in [-0.3, -0.25) is 9.59 Å². The van der Waals surface area contributed by atoms with Gasteiger partial charge in [0.2, 0.25) is 5.91 Å². The van der Waals surface area contributed by atoms with Gasteiger partial charge in [-0.05, 0) is 64.2 Å². The molecule has 0 aliphatic carbocycles. The van der Waals surface area contributed by atoms with Crippen molar-refractivity contribution < 1.29 is 49.3 Å². The molecule has 0 aromatic rings. The van der Waals surface area contributed by atoms with Gasteiger partial charge in [0.25, 0.3) is 0 Å². The highest BCUT2D eigenvalue weighted by atomic mass is 16.7. The van der Waals surface area contributed by atoms with E-state index in [4.69, 9.17) is 14.2 Å². The number of amides is 1. The number of esters is 1. The molecule has 11 nitrogen and oxygen atoms in total. The van der Waals surface area contributed by atoms with E-state index in [1.807, 2.05) is 6.08 Å². The van der Waals surface area contributed by atoms with Crippen LogP contribution in [0.1, 0.15) is 310 Å². The van der Waals surface area contributed by atoms with Crippen molar-refractivity contribution in [2.75, 3.05) is 13.2 Å². The van der Waals surface area contributed by atoms with E-state index in [1.165, 1.54) is 193 Å². The summed E-state index contributed by atoms with van der Waals surface area (Å²) >= 11 is 0. The number of rotatable bonds is 57. The molecule has 0 aromatic heterocycles. The van der Waals surface area contributed by atoms with Crippen molar-refractivity contribution in [2.45, 2.75) is 359 Å². The molecule has 1 saturated heterocycles. The summed E-state index contributed by atoms with van der Waals surface area (Å²) in [6.07, 6.45) is 58.7. The molecule has 1 rings (SSSR count). The topological polar surface area (TPSA) is 175 Å². The lowest BCUT2D eigenvalue weighted by molar-refractivity contribution is -0.305. The van der Waals surface area contributed by atoms with Gasteiger partial charge < -0.3 is 45.1 Å². The zero-order chi connectivity index (χ0) is 57.5. The van der Waals surface area contributed by atoms with Gasteiger partial charge in [0.05, 0.1) is 25.4 Å². The van der Waals surface area contributed by atoms with Crippen molar-refractivity contribution in [3.63, 3.8) is 0 Å². The third-order valence-electron chi connectivity index (χ3n) is 15.7. The summed E-state index contributed by atoms with van der Waals surface area (Å²) < 4.78 is 17.6. The number of aliphatic hydroxyl groups is 5. The van der Waals surface area contributed by atoms with E-state index in [2.05, 4.69) is 62.5 Å². The zero-order valence-corrected chi connectivity index (χ0v) is 51.2. The molecular weight excluding hydrogens is 991 g/mol. The van der Waals surface area contributed by atoms with Crippen molar-refractivity contribution in [3.05, 3.63) is 48.6 Å². The number of hydrogen-bond donors (Lipinski definition) is 6. The van der Waals surface area contributed by atoms with E-state index in [1.54, 1.807) is 6.08 Å². The average molecular weight is 1120 g/mol. The predicted molar refractivity (Wildman–Crippen MR) is 329 cm³/mol. The van der Waals surface area contributed by atoms with Crippen LogP contribution in [0.5, 0.6) is 0 Å². The first-order valence-electron chi connectivity index (χ1n) is 33.4. The molecule has 0 saturated carbocycles. The Morgan fingerprint density at radius 2 is 0.873 bits per heavy atom. The van der Waals surface area contributed by atoms with Crippen molar-refractivity contribution in [1.82, 2.24) is 5.32 Å². The number of nitrogens with one attached hydrogen (secondary N) is 1. The monoisotopic (exact) mass is 1120 g/mol. The Bertz CT molecular complexity index is 1470. The van der Waals surface area contributed by atoms with Crippen LogP contribution in [0.2, 0.25) is 0 Å². The van der Waals surface area contributed by atoms with Crippen molar-refractivity contribution in [2.24, 2.45) is 0 Å². The molecular formula is C68H125NO10. The van der Waals surface area contributed by atoms with E-state index in [-0.39, 0.29) is 13.0 Å². The molecule has 0 bridgehead atoms. The van der Waals surface area contributed by atoms with Gasteiger partial charge in [-0.2, -0.15) is 0 Å². The number of unbranched alkanes of at least 4 members (excludes halogenated alkanes) is 37. The third-order valence-corrected chi connectivity index (χ3v) is 15.7. The molecule has 1 aliphatic rings. The van der Waals surface area contributed by atoms with E-state index in [0.29, 0.717) is 19.3 Å². The van der Waals surface area contributed by atoms with E-state index in [9.17, 15) is 35.1 Å². The van der Waals surface area contributed by atoms with Crippen LogP contribution in [0, 0.1) is 0 Å². The number of carbonyl (C=O) groups is 2. The van der Waals surface area contributed by atoms with Crippen molar-refractivity contribution in [1.29, 1.82) is 0 Å². The molecule has 8 unspecified atom stereocenters. The number of allylic oxidation sites excluding steroid dienone is 7. The minimum atomic E-state index is -1.61. The van der Waals surface area contributed by atoms with Crippen LogP contribution < -0.4 is 5.32 Å². The number of carbonyl (C=O) groups excluding carboxylic acids is 2. The number of hydrogen-bond acceptors (Lipinski definition) is 10. The van der Waals surface area contributed by atoms with Crippen LogP contribution in [0.3, 0.4) is 0 Å². The molecule has 1 aliphatic heterocycles. The molecule has 0 spiro atoms. The Morgan fingerprint density at radius 1 is 0.494 bits per heavy atom.